The Labute approximate surface area is 118 Å². The van der Waals surface area contributed by atoms with Crippen molar-refractivity contribution in [1.29, 1.82) is 0 Å². The number of rotatable bonds is 9. The third-order valence-electron chi connectivity index (χ3n) is 3.87. The van der Waals surface area contributed by atoms with Crippen LogP contribution in [-0.2, 0) is 6.42 Å². The average molecular weight is 263 g/mol. The van der Waals surface area contributed by atoms with Crippen molar-refractivity contribution in [3.63, 3.8) is 0 Å². The van der Waals surface area contributed by atoms with E-state index in [0.29, 0.717) is 12.0 Å². The fourth-order valence-electron chi connectivity index (χ4n) is 2.14. The summed E-state index contributed by atoms with van der Waals surface area (Å²) in [6, 6.07) is 8.97. The zero-order valence-corrected chi connectivity index (χ0v) is 12.9. The lowest BCUT2D eigenvalue weighted by atomic mass is 10.0. The minimum Gasteiger partial charge on any atom is -0.492 e. The van der Waals surface area contributed by atoms with Crippen LogP contribution in [0.4, 0.5) is 0 Å². The van der Waals surface area contributed by atoms with Crippen LogP contribution in [0, 0.1) is 5.92 Å². The SMILES string of the molecule is CCCCc1ccc(OCC(NC)C(C)CC)cc1. The fraction of sp³-hybridized carbons (Fsp3) is 0.647. The maximum absolute atomic E-state index is 5.88. The first kappa shape index (κ1) is 16.0. The van der Waals surface area contributed by atoms with Gasteiger partial charge in [0.2, 0.25) is 0 Å². The fourth-order valence-corrected chi connectivity index (χ4v) is 2.14. The maximum atomic E-state index is 5.88. The largest absolute Gasteiger partial charge is 0.492 e. The van der Waals surface area contributed by atoms with Gasteiger partial charge in [-0.05, 0) is 43.5 Å². The molecule has 2 unspecified atom stereocenters. The van der Waals surface area contributed by atoms with Crippen LogP contribution in [0.2, 0.25) is 0 Å². The molecule has 0 bridgehead atoms. The second-order valence-corrected chi connectivity index (χ2v) is 5.34. The molecule has 2 atom stereocenters. The van der Waals surface area contributed by atoms with Gasteiger partial charge in [0.25, 0.3) is 0 Å². The molecule has 108 valence electrons. The summed E-state index contributed by atoms with van der Waals surface area (Å²) in [5, 5.41) is 3.34. The summed E-state index contributed by atoms with van der Waals surface area (Å²) in [5.41, 5.74) is 1.40. The van der Waals surface area contributed by atoms with Crippen molar-refractivity contribution in [2.24, 2.45) is 5.92 Å². The van der Waals surface area contributed by atoms with E-state index in [1.807, 2.05) is 7.05 Å². The standard InChI is InChI=1S/C17H29NO/c1-5-7-8-15-9-11-16(12-10-15)19-13-17(18-4)14(3)6-2/h9-12,14,17-18H,5-8,13H2,1-4H3. The summed E-state index contributed by atoms with van der Waals surface area (Å²) >= 11 is 0. The van der Waals surface area contributed by atoms with Gasteiger partial charge >= 0.3 is 0 Å². The van der Waals surface area contributed by atoms with Crippen LogP contribution in [0.5, 0.6) is 5.75 Å². The third-order valence-corrected chi connectivity index (χ3v) is 3.87. The minimum absolute atomic E-state index is 0.421. The van der Waals surface area contributed by atoms with E-state index in [1.165, 1.54) is 31.2 Å². The smallest absolute Gasteiger partial charge is 0.119 e. The maximum Gasteiger partial charge on any atom is 0.119 e. The zero-order chi connectivity index (χ0) is 14.1. The van der Waals surface area contributed by atoms with Gasteiger partial charge in [-0.25, -0.2) is 0 Å². The Hall–Kier alpha value is -1.02. The average Bonchev–Trinajstić information content (AvgIpc) is 2.46. The van der Waals surface area contributed by atoms with E-state index in [9.17, 15) is 0 Å². The second kappa shape index (κ2) is 8.98. The van der Waals surface area contributed by atoms with Crippen LogP contribution < -0.4 is 10.1 Å². The molecule has 0 spiro atoms. The summed E-state index contributed by atoms with van der Waals surface area (Å²) in [7, 11) is 2.01. The number of likely N-dealkylation sites (N-methyl/N-ethyl adjacent to an activating group) is 1. The Morgan fingerprint density at radius 2 is 1.84 bits per heavy atom. The van der Waals surface area contributed by atoms with Crippen LogP contribution in [0.15, 0.2) is 24.3 Å². The molecule has 2 heteroatoms. The molecule has 0 aliphatic rings. The Morgan fingerprint density at radius 1 is 1.16 bits per heavy atom. The number of nitrogens with one attached hydrogen (secondary N) is 1. The van der Waals surface area contributed by atoms with Gasteiger partial charge in [0, 0.05) is 6.04 Å². The molecule has 0 saturated carbocycles. The monoisotopic (exact) mass is 263 g/mol. The van der Waals surface area contributed by atoms with Crippen molar-refractivity contribution in [3.8, 4) is 5.75 Å². The molecule has 0 heterocycles. The Kier molecular flexibility index (Phi) is 7.57. The van der Waals surface area contributed by atoms with Gasteiger partial charge in [0.1, 0.15) is 12.4 Å². The lowest BCUT2D eigenvalue weighted by Crippen LogP contribution is -2.37. The number of hydrogen-bond donors (Lipinski definition) is 1. The summed E-state index contributed by atoms with van der Waals surface area (Å²) in [6.07, 6.45) is 4.85. The second-order valence-electron chi connectivity index (χ2n) is 5.34. The van der Waals surface area contributed by atoms with Crippen LogP contribution in [-0.4, -0.2) is 19.7 Å². The number of unbranched alkanes of at least 4 members (excludes halogenated alkanes) is 1. The highest BCUT2D eigenvalue weighted by Crippen LogP contribution is 2.15. The quantitative estimate of drug-likeness (QED) is 0.726. The van der Waals surface area contributed by atoms with Gasteiger partial charge in [-0.1, -0.05) is 45.7 Å². The van der Waals surface area contributed by atoms with Crippen molar-refractivity contribution in [3.05, 3.63) is 29.8 Å². The van der Waals surface area contributed by atoms with E-state index in [2.05, 4.69) is 50.4 Å². The van der Waals surface area contributed by atoms with Crippen LogP contribution >= 0.6 is 0 Å². The van der Waals surface area contributed by atoms with Gasteiger partial charge in [0.05, 0.1) is 0 Å². The molecule has 0 saturated heterocycles. The molecule has 0 aromatic heterocycles. The molecule has 1 aromatic carbocycles. The van der Waals surface area contributed by atoms with Crippen molar-refractivity contribution < 1.29 is 4.74 Å². The molecule has 0 fully saturated rings. The van der Waals surface area contributed by atoms with Gasteiger partial charge in [-0.15, -0.1) is 0 Å². The molecule has 0 aliphatic carbocycles. The molecular weight excluding hydrogens is 234 g/mol. The van der Waals surface area contributed by atoms with Crippen molar-refractivity contribution in [1.82, 2.24) is 5.32 Å². The van der Waals surface area contributed by atoms with Crippen LogP contribution in [0.1, 0.15) is 45.6 Å². The molecule has 1 aromatic rings. The molecule has 0 radical (unpaired) electrons. The molecular formula is C17H29NO. The molecule has 1 rings (SSSR count). The summed E-state index contributed by atoms with van der Waals surface area (Å²) in [5.74, 6) is 1.61. The molecule has 0 amide bonds. The van der Waals surface area contributed by atoms with E-state index >= 15 is 0 Å². The zero-order valence-electron chi connectivity index (χ0n) is 12.9. The van der Waals surface area contributed by atoms with Crippen molar-refractivity contribution in [2.45, 2.75) is 52.5 Å². The number of aryl methyl sites for hydroxylation is 1. The van der Waals surface area contributed by atoms with Gasteiger partial charge in [-0.2, -0.15) is 0 Å². The van der Waals surface area contributed by atoms with E-state index < -0.39 is 0 Å². The summed E-state index contributed by atoms with van der Waals surface area (Å²) in [6.45, 7) is 7.44. The van der Waals surface area contributed by atoms with Crippen molar-refractivity contribution in [2.75, 3.05) is 13.7 Å². The van der Waals surface area contributed by atoms with Crippen LogP contribution in [0.3, 0.4) is 0 Å². The highest BCUT2D eigenvalue weighted by Gasteiger charge is 2.14. The summed E-state index contributed by atoms with van der Waals surface area (Å²) < 4.78 is 5.88. The number of ether oxygens (including phenoxy) is 1. The lowest BCUT2D eigenvalue weighted by molar-refractivity contribution is 0.228. The first-order valence-electron chi connectivity index (χ1n) is 7.60. The first-order chi connectivity index (χ1) is 9.21. The first-order valence-corrected chi connectivity index (χ1v) is 7.60. The van der Waals surface area contributed by atoms with Crippen LogP contribution in [0.25, 0.3) is 0 Å². The Morgan fingerprint density at radius 3 is 2.37 bits per heavy atom. The summed E-state index contributed by atoms with van der Waals surface area (Å²) in [4.78, 5) is 0. The van der Waals surface area contributed by atoms with Crippen molar-refractivity contribution >= 4 is 0 Å². The normalized spacial score (nSPS) is 14.1. The van der Waals surface area contributed by atoms with E-state index in [1.54, 1.807) is 0 Å². The molecule has 19 heavy (non-hydrogen) atoms. The molecule has 0 aliphatic heterocycles. The van der Waals surface area contributed by atoms with E-state index in [0.717, 1.165) is 12.4 Å². The highest BCUT2D eigenvalue weighted by atomic mass is 16.5. The minimum atomic E-state index is 0.421. The predicted octanol–water partition coefficient (Wildman–Crippen LogP) is 4.04. The third kappa shape index (κ3) is 5.65. The molecule has 1 N–H and O–H groups in total. The number of hydrogen-bond acceptors (Lipinski definition) is 2. The Balaban J connectivity index is 2.44. The topological polar surface area (TPSA) is 21.3 Å². The van der Waals surface area contributed by atoms with Gasteiger partial charge in [-0.3, -0.25) is 0 Å². The highest BCUT2D eigenvalue weighted by molar-refractivity contribution is 5.27. The van der Waals surface area contributed by atoms with E-state index in [4.69, 9.17) is 4.74 Å². The Bertz CT molecular complexity index is 334. The van der Waals surface area contributed by atoms with Gasteiger partial charge in [0.15, 0.2) is 0 Å². The lowest BCUT2D eigenvalue weighted by Gasteiger charge is -2.22. The molecule has 2 nitrogen and oxygen atoms in total. The van der Waals surface area contributed by atoms with Gasteiger partial charge < -0.3 is 10.1 Å². The predicted molar refractivity (Wildman–Crippen MR) is 82.9 cm³/mol. The van der Waals surface area contributed by atoms with E-state index in [-0.39, 0.29) is 0 Å². The number of benzene rings is 1.